The number of aromatic nitrogens is 2. The van der Waals surface area contributed by atoms with Gasteiger partial charge in [-0.25, -0.2) is 4.98 Å². The van der Waals surface area contributed by atoms with Crippen molar-refractivity contribution in [3.63, 3.8) is 0 Å². The number of nitrogens with one attached hydrogen (secondary N) is 1. The van der Waals surface area contributed by atoms with Crippen molar-refractivity contribution in [1.82, 2.24) is 19.8 Å². The summed E-state index contributed by atoms with van der Waals surface area (Å²) >= 11 is 0. The molecule has 1 aromatic heterocycles. The smallest absolute Gasteiger partial charge is 0.262 e. The summed E-state index contributed by atoms with van der Waals surface area (Å²) in [5.74, 6) is -1.43. The fourth-order valence-electron chi connectivity index (χ4n) is 2.44. The Balaban J connectivity index is 1.57. The molecule has 0 spiro atoms. The number of imide groups is 1. The minimum atomic E-state index is -0.478. The van der Waals surface area contributed by atoms with Crippen LogP contribution in [0.3, 0.4) is 0 Å². The molecule has 0 fully saturated rings. The van der Waals surface area contributed by atoms with E-state index < -0.39 is 17.7 Å². The standard InChI is InChI=1S/C16H14N4O4/c21-13(18-7-8-19-10-17-6-5-14(19)22)9-20-15(23)11-3-1-2-4-12(11)16(20)24/h1-6,10H,7-9H2,(H,18,21). The zero-order chi connectivity index (χ0) is 17.1. The number of benzene rings is 1. The highest BCUT2D eigenvalue weighted by atomic mass is 16.2. The molecule has 122 valence electrons. The number of rotatable bonds is 5. The lowest BCUT2D eigenvalue weighted by molar-refractivity contribution is -0.121. The second kappa shape index (κ2) is 6.45. The van der Waals surface area contributed by atoms with E-state index in [0.29, 0.717) is 11.1 Å². The first-order valence-electron chi connectivity index (χ1n) is 7.30. The van der Waals surface area contributed by atoms with E-state index in [1.165, 1.54) is 23.2 Å². The monoisotopic (exact) mass is 326 g/mol. The van der Waals surface area contributed by atoms with Crippen molar-refractivity contribution in [2.24, 2.45) is 0 Å². The highest BCUT2D eigenvalue weighted by Crippen LogP contribution is 2.21. The summed E-state index contributed by atoms with van der Waals surface area (Å²) in [4.78, 5) is 52.5. The van der Waals surface area contributed by atoms with Crippen molar-refractivity contribution in [3.8, 4) is 0 Å². The Morgan fingerprint density at radius 3 is 2.33 bits per heavy atom. The Hall–Kier alpha value is -3.29. The summed E-state index contributed by atoms with van der Waals surface area (Å²) in [6, 6.07) is 7.77. The van der Waals surface area contributed by atoms with Gasteiger partial charge in [-0.3, -0.25) is 28.6 Å². The van der Waals surface area contributed by atoms with Crippen LogP contribution in [0.4, 0.5) is 0 Å². The SMILES string of the molecule is O=C(CN1C(=O)c2ccccc2C1=O)NCCn1cnccc1=O. The van der Waals surface area contributed by atoms with Gasteiger partial charge in [-0.1, -0.05) is 12.1 Å². The minimum absolute atomic E-state index is 0.188. The summed E-state index contributed by atoms with van der Waals surface area (Å²) in [5.41, 5.74) is 0.383. The molecule has 3 rings (SSSR count). The molecule has 24 heavy (non-hydrogen) atoms. The molecule has 0 radical (unpaired) electrons. The maximum atomic E-state index is 12.2. The van der Waals surface area contributed by atoms with Gasteiger partial charge in [0.2, 0.25) is 5.91 Å². The largest absolute Gasteiger partial charge is 0.353 e. The van der Waals surface area contributed by atoms with Crippen molar-refractivity contribution in [2.45, 2.75) is 6.54 Å². The maximum absolute atomic E-state index is 12.2. The van der Waals surface area contributed by atoms with E-state index in [-0.39, 0.29) is 25.2 Å². The van der Waals surface area contributed by atoms with Crippen molar-refractivity contribution in [3.05, 3.63) is 64.3 Å². The van der Waals surface area contributed by atoms with Crippen LogP contribution in [0.1, 0.15) is 20.7 Å². The topological polar surface area (TPSA) is 101 Å². The van der Waals surface area contributed by atoms with Gasteiger partial charge in [-0.15, -0.1) is 0 Å². The summed E-state index contributed by atoms with van der Waals surface area (Å²) in [6.07, 6.45) is 2.76. The Morgan fingerprint density at radius 1 is 1.04 bits per heavy atom. The van der Waals surface area contributed by atoms with Crippen LogP contribution in [0.2, 0.25) is 0 Å². The Labute approximate surface area is 136 Å². The molecular formula is C16H14N4O4. The van der Waals surface area contributed by atoms with Crippen molar-refractivity contribution >= 4 is 17.7 Å². The first-order valence-corrected chi connectivity index (χ1v) is 7.30. The van der Waals surface area contributed by atoms with Gasteiger partial charge in [-0.2, -0.15) is 0 Å². The van der Waals surface area contributed by atoms with Crippen LogP contribution < -0.4 is 10.9 Å². The third-order valence-electron chi connectivity index (χ3n) is 3.65. The van der Waals surface area contributed by atoms with Crippen LogP contribution in [0.25, 0.3) is 0 Å². The number of hydrogen-bond donors (Lipinski definition) is 1. The Bertz CT molecular complexity index is 839. The second-order valence-corrected chi connectivity index (χ2v) is 5.20. The van der Waals surface area contributed by atoms with Gasteiger partial charge in [0.25, 0.3) is 17.4 Å². The first kappa shape index (κ1) is 15.6. The molecule has 0 saturated carbocycles. The molecule has 1 aliphatic rings. The molecule has 3 amide bonds. The minimum Gasteiger partial charge on any atom is -0.353 e. The van der Waals surface area contributed by atoms with Gasteiger partial charge in [0.1, 0.15) is 6.54 Å². The molecule has 2 aromatic rings. The van der Waals surface area contributed by atoms with E-state index in [1.807, 2.05) is 0 Å². The van der Waals surface area contributed by atoms with Gasteiger partial charge >= 0.3 is 0 Å². The molecule has 8 nitrogen and oxygen atoms in total. The van der Waals surface area contributed by atoms with E-state index in [4.69, 9.17) is 0 Å². The van der Waals surface area contributed by atoms with E-state index in [0.717, 1.165) is 4.90 Å². The first-order chi connectivity index (χ1) is 11.6. The third-order valence-corrected chi connectivity index (χ3v) is 3.65. The van der Waals surface area contributed by atoms with Crippen LogP contribution in [-0.4, -0.2) is 45.3 Å². The van der Waals surface area contributed by atoms with Crippen LogP contribution in [0.5, 0.6) is 0 Å². The summed E-state index contributed by atoms with van der Waals surface area (Å²) in [5, 5.41) is 2.58. The molecule has 2 heterocycles. The van der Waals surface area contributed by atoms with E-state index in [1.54, 1.807) is 24.3 Å². The van der Waals surface area contributed by atoms with Crippen LogP contribution in [0, 0.1) is 0 Å². The fourth-order valence-corrected chi connectivity index (χ4v) is 2.44. The molecule has 0 unspecified atom stereocenters. The molecule has 1 aromatic carbocycles. The lowest BCUT2D eigenvalue weighted by Gasteiger charge is -2.13. The molecule has 0 bridgehead atoms. The number of hydrogen-bond acceptors (Lipinski definition) is 5. The van der Waals surface area contributed by atoms with Gasteiger partial charge in [-0.05, 0) is 12.1 Å². The van der Waals surface area contributed by atoms with E-state index in [9.17, 15) is 19.2 Å². The lowest BCUT2D eigenvalue weighted by Crippen LogP contribution is -2.41. The van der Waals surface area contributed by atoms with Gasteiger partial charge in [0.15, 0.2) is 0 Å². The van der Waals surface area contributed by atoms with E-state index >= 15 is 0 Å². The number of fused-ring (bicyclic) bond motifs is 1. The zero-order valence-electron chi connectivity index (χ0n) is 12.6. The quantitative estimate of drug-likeness (QED) is 0.757. The molecule has 0 aliphatic carbocycles. The van der Waals surface area contributed by atoms with Gasteiger partial charge in [0.05, 0.1) is 17.5 Å². The maximum Gasteiger partial charge on any atom is 0.262 e. The van der Waals surface area contributed by atoms with Crippen LogP contribution >= 0.6 is 0 Å². The van der Waals surface area contributed by atoms with Gasteiger partial charge < -0.3 is 5.32 Å². The van der Waals surface area contributed by atoms with Crippen LogP contribution in [-0.2, 0) is 11.3 Å². The highest BCUT2D eigenvalue weighted by molar-refractivity contribution is 6.22. The van der Waals surface area contributed by atoms with Crippen molar-refractivity contribution in [2.75, 3.05) is 13.1 Å². The number of carbonyl (C=O) groups excluding carboxylic acids is 3. The van der Waals surface area contributed by atoms with E-state index in [2.05, 4.69) is 10.3 Å². The van der Waals surface area contributed by atoms with Crippen molar-refractivity contribution in [1.29, 1.82) is 0 Å². The number of nitrogens with zero attached hydrogens (tertiary/aromatic N) is 3. The highest BCUT2D eigenvalue weighted by Gasteiger charge is 2.36. The predicted molar refractivity (Wildman–Crippen MR) is 83.3 cm³/mol. The second-order valence-electron chi connectivity index (χ2n) is 5.20. The molecule has 1 N–H and O–H groups in total. The molecular weight excluding hydrogens is 312 g/mol. The normalized spacial score (nSPS) is 13.1. The zero-order valence-corrected chi connectivity index (χ0v) is 12.6. The summed E-state index contributed by atoms with van der Waals surface area (Å²) in [6.45, 7) is 0.0857. The lowest BCUT2D eigenvalue weighted by atomic mass is 10.1. The molecule has 0 saturated heterocycles. The average Bonchev–Trinajstić information content (AvgIpc) is 2.82. The van der Waals surface area contributed by atoms with Gasteiger partial charge in [0, 0.05) is 25.4 Å². The molecule has 0 atom stereocenters. The summed E-state index contributed by atoms with van der Waals surface area (Å²) in [7, 11) is 0. The summed E-state index contributed by atoms with van der Waals surface area (Å²) < 4.78 is 1.35. The average molecular weight is 326 g/mol. The Kier molecular flexibility index (Phi) is 4.19. The predicted octanol–water partition coefficient (Wildman–Crippen LogP) is -0.344. The molecule has 8 heteroatoms. The number of amides is 3. The van der Waals surface area contributed by atoms with Crippen LogP contribution in [0.15, 0.2) is 47.7 Å². The fraction of sp³-hybridized carbons (Fsp3) is 0.188. The van der Waals surface area contributed by atoms with Crippen molar-refractivity contribution < 1.29 is 14.4 Å². The number of carbonyl (C=O) groups is 3. The molecule has 1 aliphatic heterocycles. The Morgan fingerprint density at radius 2 is 1.71 bits per heavy atom. The third kappa shape index (κ3) is 2.94.